The maximum absolute atomic E-state index is 10.6. The van der Waals surface area contributed by atoms with Crippen LogP contribution in [-0.4, -0.2) is 36.1 Å². The third kappa shape index (κ3) is 4.58. The number of hydrogen-bond acceptors (Lipinski definition) is 1. The van der Waals surface area contributed by atoms with Crippen molar-refractivity contribution in [1.29, 1.82) is 0 Å². The van der Waals surface area contributed by atoms with Crippen molar-refractivity contribution in [3.63, 3.8) is 0 Å². The minimum Gasteiger partial charge on any atom is -0.369 e. The third-order valence-corrected chi connectivity index (χ3v) is 0.976. The van der Waals surface area contributed by atoms with E-state index < -0.39 is 10.7 Å². The first kappa shape index (κ1) is 9.72. The number of nitrogens with zero attached hydrogens (tertiary/aromatic N) is 2. The lowest BCUT2D eigenvalue weighted by molar-refractivity contribution is -0.116. The van der Waals surface area contributed by atoms with Crippen LogP contribution in [0.3, 0.4) is 0 Å². The maximum atomic E-state index is 10.6. The van der Waals surface area contributed by atoms with Gasteiger partial charge in [0.15, 0.2) is 4.84 Å². The van der Waals surface area contributed by atoms with Gasteiger partial charge >= 0.3 is 0 Å². The molecule has 0 rings (SSSR count). The molecule has 0 bridgehead atoms. The Labute approximate surface area is 69.6 Å². The number of carbonyl (C=O) groups is 1. The van der Waals surface area contributed by atoms with E-state index in [1.165, 1.54) is 6.34 Å². The number of hydrogen-bond donors (Lipinski definition) is 0. The summed E-state index contributed by atoms with van der Waals surface area (Å²) in [5.41, 5.74) is 0. The highest BCUT2D eigenvalue weighted by Crippen LogP contribution is 2.02. The largest absolute Gasteiger partial charge is 0.369 e. The van der Waals surface area contributed by atoms with Gasteiger partial charge in [-0.05, 0) is 0 Å². The Kier molecular flexibility index (Phi) is 4.40. The van der Waals surface area contributed by atoms with E-state index >= 15 is 0 Å². The predicted octanol–water partition coefficient (Wildman–Crippen LogP) is 0.907. The zero-order valence-corrected chi connectivity index (χ0v) is 7.23. The standard InChI is InChI=1S/C5H8Cl2N2O/c1-9(2)3-8-5(10)4(6)7/h3-4H,1-2H3. The minimum absolute atomic E-state index is 0.544. The molecule has 0 heterocycles. The van der Waals surface area contributed by atoms with Gasteiger partial charge in [-0.15, -0.1) is 0 Å². The number of carbonyl (C=O) groups excluding carboxylic acids is 1. The van der Waals surface area contributed by atoms with Gasteiger partial charge in [-0.2, -0.15) is 0 Å². The summed E-state index contributed by atoms with van der Waals surface area (Å²) >= 11 is 10.4. The Hall–Kier alpha value is -0.280. The summed E-state index contributed by atoms with van der Waals surface area (Å²) in [7, 11) is 3.49. The Morgan fingerprint density at radius 3 is 2.40 bits per heavy atom. The van der Waals surface area contributed by atoms with Crippen molar-refractivity contribution in [3.05, 3.63) is 0 Å². The third-order valence-electron chi connectivity index (χ3n) is 0.603. The summed E-state index contributed by atoms with van der Waals surface area (Å²) < 4.78 is 0. The van der Waals surface area contributed by atoms with Gasteiger partial charge in [0.2, 0.25) is 0 Å². The smallest absolute Gasteiger partial charge is 0.280 e. The molecule has 1 amide bonds. The van der Waals surface area contributed by atoms with Crippen molar-refractivity contribution in [1.82, 2.24) is 4.90 Å². The van der Waals surface area contributed by atoms with Crippen LogP contribution in [0.25, 0.3) is 0 Å². The van der Waals surface area contributed by atoms with Crippen molar-refractivity contribution in [2.75, 3.05) is 14.1 Å². The van der Waals surface area contributed by atoms with E-state index in [1.807, 2.05) is 0 Å². The van der Waals surface area contributed by atoms with Crippen LogP contribution in [-0.2, 0) is 4.79 Å². The first-order chi connectivity index (χ1) is 4.54. The summed E-state index contributed by atoms with van der Waals surface area (Å²) in [6.45, 7) is 0. The highest BCUT2D eigenvalue weighted by molar-refractivity contribution is 6.53. The molecular weight excluding hydrogens is 175 g/mol. The van der Waals surface area contributed by atoms with Crippen molar-refractivity contribution in [2.45, 2.75) is 4.84 Å². The molecule has 0 radical (unpaired) electrons. The molecule has 0 atom stereocenters. The quantitative estimate of drug-likeness (QED) is 0.362. The second-order valence-electron chi connectivity index (χ2n) is 1.85. The molecule has 0 aromatic heterocycles. The second-order valence-corrected chi connectivity index (χ2v) is 2.94. The minimum atomic E-state index is -1.06. The number of alkyl halides is 2. The van der Waals surface area contributed by atoms with Gasteiger partial charge in [0.25, 0.3) is 5.91 Å². The fourth-order valence-electron chi connectivity index (χ4n) is 0.229. The van der Waals surface area contributed by atoms with E-state index in [1.54, 1.807) is 19.0 Å². The molecule has 3 nitrogen and oxygen atoms in total. The molecule has 0 saturated carbocycles. The van der Waals surface area contributed by atoms with Gasteiger partial charge in [-0.3, -0.25) is 4.79 Å². The molecular formula is C5H8Cl2N2O. The Bertz CT molecular complexity index is 145. The lowest BCUT2D eigenvalue weighted by Crippen LogP contribution is -2.12. The molecule has 0 aliphatic rings. The molecule has 0 saturated heterocycles. The van der Waals surface area contributed by atoms with Crippen LogP contribution >= 0.6 is 23.2 Å². The highest BCUT2D eigenvalue weighted by atomic mass is 35.5. The summed E-state index contributed by atoms with van der Waals surface area (Å²) in [5.74, 6) is -0.544. The molecule has 10 heavy (non-hydrogen) atoms. The van der Waals surface area contributed by atoms with Gasteiger partial charge in [-0.25, -0.2) is 4.99 Å². The predicted molar refractivity (Wildman–Crippen MR) is 42.7 cm³/mol. The van der Waals surface area contributed by atoms with Crippen molar-refractivity contribution in [3.8, 4) is 0 Å². The van der Waals surface area contributed by atoms with Crippen LogP contribution in [0.2, 0.25) is 0 Å². The summed E-state index contributed by atoms with van der Waals surface area (Å²) in [6.07, 6.45) is 1.35. The lowest BCUT2D eigenvalue weighted by atomic mass is 10.7. The highest BCUT2D eigenvalue weighted by Gasteiger charge is 2.07. The fraction of sp³-hybridized carbons (Fsp3) is 0.600. The summed E-state index contributed by atoms with van der Waals surface area (Å²) in [5, 5.41) is 0. The Morgan fingerprint density at radius 1 is 1.60 bits per heavy atom. The topological polar surface area (TPSA) is 32.7 Å². The van der Waals surface area contributed by atoms with E-state index in [0.29, 0.717) is 0 Å². The van der Waals surface area contributed by atoms with Gasteiger partial charge in [0.1, 0.15) is 0 Å². The monoisotopic (exact) mass is 182 g/mol. The normalized spacial score (nSPS) is 10.9. The van der Waals surface area contributed by atoms with E-state index in [9.17, 15) is 4.79 Å². The number of aliphatic imine (C=N–C) groups is 1. The van der Waals surface area contributed by atoms with Gasteiger partial charge < -0.3 is 4.90 Å². The molecule has 0 aromatic carbocycles. The van der Waals surface area contributed by atoms with E-state index in [4.69, 9.17) is 23.2 Å². The number of halogens is 2. The van der Waals surface area contributed by atoms with E-state index in [2.05, 4.69) is 4.99 Å². The summed E-state index contributed by atoms with van der Waals surface area (Å²) in [4.78, 5) is 14.5. The second kappa shape index (κ2) is 4.52. The average Bonchev–Trinajstić information content (AvgIpc) is 1.82. The van der Waals surface area contributed by atoms with E-state index in [0.717, 1.165) is 0 Å². The molecule has 0 aliphatic carbocycles. The van der Waals surface area contributed by atoms with E-state index in [-0.39, 0.29) is 0 Å². The van der Waals surface area contributed by atoms with Gasteiger partial charge in [0.05, 0.1) is 6.34 Å². The first-order valence-electron chi connectivity index (χ1n) is 2.56. The molecule has 0 unspecified atom stereocenters. The molecule has 0 N–H and O–H groups in total. The SMILES string of the molecule is CN(C)C=NC(=O)C(Cl)Cl. The van der Waals surface area contributed by atoms with Crippen LogP contribution in [0.1, 0.15) is 0 Å². The van der Waals surface area contributed by atoms with Crippen molar-refractivity contribution >= 4 is 35.4 Å². The lowest BCUT2D eigenvalue weighted by Gasteiger charge is -2.00. The van der Waals surface area contributed by atoms with Crippen LogP contribution in [0.4, 0.5) is 0 Å². The molecule has 0 aromatic rings. The number of amides is 1. The maximum Gasteiger partial charge on any atom is 0.280 e. The zero-order chi connectivity index (χ0) is 8.15. The van der Waals surface area contributed by atoms with Crippen LogP contribution in [0.15, 0.2) is 4.99 Å². The average molecular weight is 183 g/mol. The molecule has 0 fully saturated rings. The van der Waals surface area contributed by atoms with Crippen molar-refractivity contribution in [2.24, 2.45) is 4.99 Å². The summed E-state index contributed by atoms with van der Waals surface area (Å²) in [6, 6.07) is 0. The molecule has 0 aliphatic heterocycles. The van der Waals surface area contributed by atoms with Gasteiger partial charge in [-0.1, -0.05) is 23.2 Å². The Morgan fingerprint density at radius 2 is 2.10 bits per heavy atom. The molecule has 0 spiro atoms. The fourth-order valence-corrected chi connectivity index (χ4v) is 0.341. The van der Waals surface area contributed by atoms with Crippen LogP contribution in [0, 0.1) is 0 Å². The zero-order valence-electron chi connectivity index (χ0n) is 5.71. The molecule has 5 heteroatoms. The van der Waals surface area contributed by atoms with Gasteiger partial charge in [0, 0.05) is 14.1 Å². The first-order valence-corrected chi connectivity index (χ1v) is 3.44. The van der Waals surface area contributed by atoms with Crippen molar-refractivity contribution < 1.29 is 4.79 Å². The Balaban J connectivity index is 3.79. The van der Waals surface area contributed by atoms with Crippen LogP contribution < -0.4 is 0 Å². The molecule has 58 valence electrons. The number of rotatable bonds is 2. The van der Waals surface area contributed by atoms with Crippen LogP contribution in [0.5, 0.6) is 0 Å².